The van der Waals surface area contributed by atoms with Crippen molar-refractivity contribution in [1.29, 1.82) is 5.26 Å². The van der Waals surface area contributed by atoms with E-state index in [4.69, 9.17) is 10.00 Å². The number of nitro benzene ring substituents is 1. The third-order valence-electron chi connectivity index (χ3n) is 2.66. The van der Waals surface area contributed by atoms with Crippen LogP contribution >= 0.6 is 0 Å². The quantitative estimate of drug-likeness (QED) is 0.630. The standard InChI is InChI=1S/C14H9FN2O3/c1-9-2-4-12(17(18)19)7-14(9)20-13-5-3-11(15)6-10(13)8-16/h2-7H,1H3. The number of nitriles is 1. The molecule has 0 saturated heterocycles. The predicted molar refractivity (Wildman–Crippen MR) is 69.0 cm³/mol. The fraction of sp³-hybridized carbons (Fsp3) is 0.0714. The number of aryl methyl sites for hydroxylation is 1. The summed E-state index contributed by atoms with van der Waals surface area (Å²) < 4.78 is 18.5. The summed E-state index contributed by atoms with van der Waals surface area (Å²) in [5.41, 5.74) is 0.575. The summed E-state index contributed by atoms with van der Waals surface area (Å²) in [6.07, 6.45) is 0. The highest BCUT2D eigenvalue weighted by molar-refractivity contribution is 5.49. The zero-order valence-corrected chi connectivity index (χ0v) is 10.5. The molecule has 2 aromatic rings. The first-order valence-electron chi connectivity index (χ1n) is 5.64. The Kier molecular flexibility index (Phi) is 3.62. The van der Waals surface area contributed by atoms with E-state index in [-0.39, 0.29) is 22.7 Å². The SMILES string of the molecule is Cc1ccc([N+](=O)[O-])cc1Oc1ccc(F)cc1C#N. The number of ether oxygens (including phenoxy) is 1. The van der Waals surface area contributed by atoms with Crippen LogP contribution in [0, 0.1) is 34.2 Å². The van der Waals surface area contributed by atoms with E-state index in [1.807, 2.05) is 6.07 Å². The van der Waals surface area contributed by atoms with Crippen molar-refractivity contribution >= 4 is 5.69 Å². The molecule has 0 radical (unpaired) electrons. The molecule has 0 amide bonds. The highest BCUT2D eigenvalue weighted by Crippen LogP contribution is 2.30. The normalized spacial score (nSPS) is 9.85. The average molecular weight is 272 g/mol. The summed E-state index contributed by atoms with van der Waals surface area (Å²) in [6, 6.07) is 9.49. The van der Waals surface area contributed by atoms with Gasteiger partial charge in [-0.25, -0.2) is 4.39 Å². The Balaban J connectivity index is 2.42. The summed E-state index contributed by atoms with van der Waals surface area (Å²) >= 11 is 0. The summed E-state index contributed by atoms with van der Waals surface area (Å²) in [5, 5.41) is 19.7. The molecule has 5 nitrogen and oxygen atoms in total. The molecule has 0 aromatic heterocycles. The molecule has 6 heteroatoms. The molecular weight excluding hydrogens is 263 g/mol. The molecule has 0 unspecified atom stereocenters. The lowest BCUT2D eigenvalue weighted by atomic mass is 10.2. The van der Waals surface area contributed by atoms with Crippen molar-refractivity contribution in [3.05, 3.63) is 63.5 Å². The zero-order chi connectivity index (χ0) is 14.7. The molecule has 0 spiro atoms. The number of hydrogen-bond donors (Lipinski definition) is 0. The van der Waals surface area contributed by atoms with Crippen molar-refractivity contribution in [1.82, 2.24) is 0 Å². The first-order valence-corrected chi connectivity index (χ1v) is 5.64. The molecule has 0 atom stereocenters. The third-order valence-corrected chi connectivity index (χ3v) is 2.66. The Labute approximate surface area is 114 Å². The number of rotatable bonds is 3. The molecule has 0 fully saturated rings. The molecule has 0 N–H and O–H groups in total. The lowest BCUT2D eigenvalue weighted by Crippen LogP contribution is -1.94. The number of halogens is 1. The second kappa shape index (κ2) is 5.36. The van der Waals surface area contributed by atoms with Crippen LogP contribution in [-0.4, -0.2) is 4.92 Å². The van der Waals surface area contributed by atoms with Gasteiger partial charge in [0.1, 0.15) is 23.4 Å². The lowest BCUT2D eigenvalue weighted by Gasteiger charge is -2.09. The first-order chi connectivity index (χ1) is 9.51. The van der Waals surface area contributed by atoms with Crippen molar-refractivity contribution in [2.75, 3.05) is 0 Å². The van der Waals surface area contributed by atoms with Gasteiger partial charge in [-0.3, -0.25) is 10.1 Å². The van der Waals surface area contributed by atoms with Crippen molar-refractivity contribution in [3.63, 3.8) is 0 Å². The monoisotopic (exact) mass is 272 g/mol. The van der Waals surface area contributed by atoms with Crippen LogP contribution in [0.2, 0.25) is 0 Å². The second-order valence-corrected chi connectivity index (χ2v) is 4.06. The van der Waals surface area contributed by atoms with Crippen molar-refractivity contribution in [2.24, 2.45) is 0 Å². The molecule has 100 valence electrons. The van der Waals surface area contributed by atoms with Gasteiger partial charge in [0.15, 0.2) is 0 Å². The van der Waals surface area contributed by atoms with Gasteiger partial charge < -0.3 is 4.74 Å². The van der Waals surface area contributed by atoms with Gasteiger partial charge in [0.05, 0.1) is 16.6 Å². The summed E-state index contributed by atoms with van der Waals surface area (Å²) in [6.45, 7) is 1.72. The van der Waals surface area contributed by atoms with Crippen molar-refractivity contribution in [3.8, 4) is 17.6 Å². The molecule has 0 bridgehead atoms. The van der Waals surface area contributed by atoms with E-state index in [2.05, 4.69) is 0 Å². The number of hydrogen-bond acceptors (Lipinski definition) is 4. The maximum Gasteiger partial charge on any atom is 0.273 e. The minimum Gasteiger partial charge on any atom is -0.455 e. The van der Waals surface area contributed by atoms with E-state index in [0.29, 0.717) is 5.56 Å². The third kappa shape index (κ3) is 2.72. The minimum absolute atomic E-state index is 0.0240. The van der Waals surface area contributed by atoms with Gasteiger partial charge in [-0.2, -0.15) is 5.26 Å². The van der Waals surface area contributed by atoms with Gasteiger partial charge in [-0.05, 0) is 36.8 Å². The van der Waals surface area contributed by atoms with Gasteiger partial charge in [-0.15, -0.1) is 0 Å². The molecule has 2 aromatic carbocycles. The van der Waals surface area contributed by atoms with E-state index in [0.717, 1.165) is 12.1 Å². The summed E-state index contributed by atoms with van der Waals surface area (Å²) in [7, 11) is 0. The number of nitro groups is 1. The van der Waals surface area contributed by atoms with E-state index < -0.39 is 10.7 Å². The molecular formula is C14H9FN2O3. The average Bonchev–Trinajstić information content (AvgIpc) is 2.42. The Bertz CT molecular complexity index is 723. The van der Waals surface area contributed by atoms with E-state index in [1.165, 1.54) is 18.2 Å². The molecule has 0 saturated carbocycles. The summed E-state index contributed by atoms with van der Waals surface area (Å²) in [4.78, 5) is 10.2. The Morgan fingerprint density at radius 3 is 2.65 bits per heavy atom. The molecule has 20 heavy (non-hydrogen) atoms. The van der Waals surface area contributed by atoms with Gasteiger partial charge in [0.25, 0.3) is 5.69 Å². The molecule has 2 rings (SSSR count). The van der Waals surface area contributed by atoms with Crippen LogP contribution in [0.5, 0.6) is 11.5 Å². The van der Waals surface area contributed by atoms with E-state index in [9.17, 15) is 14.5 Å². The highest BCUT2D eigenvalue weighted by atomic mass is 19.1. The number of nitrogens with zero attached hydrogens (tertiary/aromatic N) is 2. The van der Waals surface area contributed by atoms with Crippen LogP contribution in [0.15, 0.2) is 36.4 Å². The topological polar surface area (TPSA) is 76.2 Å². The Morgan fingerprint density at radius 1 is 1.25 bits per heavy atom. The van der Waals surface area contributed by atoms with Crippen LogP contribution < -0.4 is 4.74 Å². The second-order valence-electron chi connectivity index (χ2n) is 4.06. The van der Waals surface area contributed by atoms with E-state index in [1.54, 1.807) is 13.0 Å². The summed E-state index contributed by atoms with van der Waals surface area (Å²) in [5.74, 6) is -0.149. The van der Waals surface area contributed by atoms with E-state index >= 15 is 0 Å². The molecule has 0 heterocycles. The Hall–Kier alpha value is -2.94. The van der Waals surface area contributed by atoms with Crippen LogP contribution in [0.4, 0.5) is 10.1 Å². The fourth-order valence-electron chi connectivity index (χ4n) is 1.61. The maximum atomic E-state index is 13.0. The van der Waals surface area contributed by atoms with Crippen LogP contribution in [-0.2, 0) is 0 Å². The number of benzene rings is 2. The predicted octanol–water partition coefficient (Wildman–Crippen LogP) is 3.71. The van der Waals surface area contributed by atoms with Gasteiger partial charge >= 0.3 is 0 Å². The minimum atomic E-state index is -0.551. The van der Waals surface area contributed by atoms with Crippen LogP contribution in [0.1, 0.15) is 11.1 Å². The zero-order valence-electron chi connectivity index (χ0n) is 10.5. The van der Waals surface area contributed by atoms with Gasteiger partial charge in [0.2, 0.25) is 0 Å². The maximum absolute atomic E-state index is 13.0. The molecule has 0 aliphatic heterocycles. The largest absolute Gasteiger partial charge is 0.455 e. The van der Waals surface area contributed by atoms with Gasteiger partial charge in [-0.1, -0.05) is 0 Å². The molecule has 0 aliphatic carbocycles. The van der Waals surface area contributed by atoms with Crippen molar-refractivity contribution < 1.29 is 14.1 Å². The number of non-ortho nitro benzene ring substituents is 1. The van der Waals surface area contributed by atoms with Gasteiger partial charge in [0, 0.05) is 6.07 Å². The van der Waals surface area contributed by atoms with Crippen LogP contribution in [0.25, 0.3) is 0 Å². The smallest absolute Gasteiger partial charge is 0.273 e. The first kappa shape index (κ1) is 13.5. The Morgan fingerprint density at radius 2 is 2.00 bits per heavy atom. The van der Waals surface area contributed by atoms with Crippen LogP contribution in [0.3, 0.4) is 0 Å². The molecule has 0 aliphatic rings. The fourth-order valence-corrected chi connectivity index (χ4v) is 1.61. The highest BCUT2D eigenvalue weighted by Gasteiger charge is 2.12. The lowest BCUT2D eigenvalue weighted by molar-refractivity contribution is -0.384. The van der Waals surface area contributed by atoms with Crippen molar-refractivity contribution in [2.45, 2.75) is 6.92 Å².